The van der Waals surface area contributed by atoms with E-state index in [4.69, 9.17) is 9.15 Å². The molecule has 1 aromatic heterocycles. The van der Waals surface area contributed by atoms with E-state index in [0.29, 0.717) is 11.3 Å². The van der Waals surface area contributed by atoms with Gasteiger partial charge in [-0.1, -0.05) is 6.07 Å². The van der Waals surface area contributed by atoms with Gasteiger partial charge in [0.25, 0.3) is 5.91 Å². The molecule has 0 bridgehead atoms. The monoisotopic (exact) mass is 351 g/mol. The van der Waals surface area contributed by atoms with Crippen molar-refractivity contribution in [3.05, 3.63) is 69.6 Å². The highest BCUT2D eigenvalue weighted by molar-refractivity contribution is 5.94. The van der Waals surface area contributed by atoms with Gasteiger partial charge in [-0.05, 0) is 68.7 Å². The molecule has 0 saturated heterocycles. The summed E-state index contributed by atoms with van der Waals surface area (Å²) in [6.07, 6.45) is -0.704. The van der Waals surface area contributed by atoms with Gasteiger partial charge in [0, 0.05) is 23.2 Å². The maximum atomic E-state index is 12.4. The van der Waals surface area contributed by atoms with E-state index in [2.05, 4.69) is 5.32 Å². The number of carbonyl (C=O) groups excluding carboxylic acids is 1. The predicted octanol–water partition coefficient (Wildman–Crippen LogP) is 4.12. The van der Waals surface area contributed by atoms with Gasteiger partial charge in [-0.15, -0.1) is 0 Å². The number of hydrogen-bond donors (Lipinski definition) is 1. The number of benzene rings is 2. The lowest BCUT2D eigenvalue weighted by Gasteiger charge is -2.15. The standard InChI is InChI=1S/C21H21NO4/c1-12-7-13(2)9-16(8-12)22-21(24)15(4)25-17-5-6-18-14(3)10-20(23)26-19(18)11-17/h5-11,15H,1-4H3,(H,22,24). The Morgan fingerprint density at radius 3 is 2.42 bits per heavy atom. The molecule has 26 heavy (non-hydrogen) atoms. The molecule has 3 rings (SSSR count). The van der Waals surface area contributed by atoms with Gasteiger partial charge in [-0.2, -0.15) is 0 Å². The molecule has 0 aliphatic rings. The molecule has 3 aromatic rings. The third-order valence-corrected chi connectivity index (χ3v) is 4.09. The number of nitrogens with one attached hydrogen (secondary N) is 1. The SMILES string of the molecule is Cc1cc(C)cc(NC(=O)C(C)Oc2ccc3c(C)cc(=O)oc3c2)c1. The summed E-state index contributed by atoms with van der Waals surface area (Å²) in [4.78, 5) is 23.9. The molecule has 0 spiro atoms. The van der Waals surface area contributed by atoms with Crippen LogP contribution in [0.15, 0.2) is 51.7 Å². The first-order valence-electron chi connectivity index (χ1n) is 8.42. The van der Waals surface area contributed by atoms with E-state index in [1.807, 2.05) is 45.0 Å². The molecule has 1 unspecified atom stereocenters. The van der Waals surface area contributed by atoms with Crippen molar-refractivity contribution >= 4 is 22.6 Å². The molecule has 1 N–H and O–H groups in total. The summed E-state index contributed by atoms with van der Waals surface area (Å²) in [6.45, 7) is 7.48. The number of aryl methyl sites for hydroxylation is 3. The summed E-state index contributed by atoms with van der Waals surface area (Å²) < 4.78 is 10.9. The Kier molecular flexibility index (Phi) is 4.80. The number of fused-ring (bicyclic) bond motifs is 1. The van der Waals surface area contributed by atoms with Crippen LogP contribution in [0.25, 0.3) is 11.0 Å². The zero-order chi connectivity index (χ0) is 18.8. The number of ether oxygens (including phenoxy) is 1. The third kappa shape index (κ3) is 3.94. The van der Waals surface area contributed by atoms with Crippen molar-refractivity contribution in [2.75, 3.05) is 5.32 Å². The molecule has 0 radical (unpaired) electrons. The van der Waals surface area contributed by atoms with Gasteiger partial charge in [-0.25, -0.2) is 4.79 Å². The van der Waals surface area contributed by atoms with Crippen molar-refractivity contribution in [1.29, 1.82) is 0 Å². The van der Waals surface area contributed by atoms with E-state index in [0.717, 1.165) is 27.8 Å². The Bertz CT molecular complexity index is 1020. The summed E-state index contributed by atoms with van der Waals surface area (Å²) in [5.41, 5.74) is 3.76. The largest absolute Gasteiger partial charge is 0.481 e. The average Bonchev–Trinajstić information content (AvgIpc) is 2.53. The van der Waals surface area contributed by atoms with Crippen LogP contribution in [0.4, 0.5) is 5.69 Å². The Morgan fingerprint density at radius 1 is 1.04 bits per heavy atom. The number of amides is 1. The summed E-state index contributed by atoms with van der Waals surface area (Å²) in [6, 6.07) is 12.5. The highest BCUT2D eigenvalue weighted by Crippen LogP contribution is 2.23. The van der Waals surface area contributed by atoms with Gasteiger partial charge < -0.3 is 14.5 Å². The second-order valence-corrected chi connectivity index (χ2v) is 6.53. The summed E-state index contributed by atoms with van der Waals surface area (Å²) in [7, 11) is 0. The van der Waals surface area contributed by atoms with E-state index in [1.165, 1.54) is 6.07 Å². The maximum Gasteiger partial charge on any atom is 0.336 e. The Morgan fingerprint density at radius 2 is 1.73 bits per heavy atom. The fourth-order valence-corrected chi connectivity index (χ4v) is 2.93. The molecule has 0 aliphatic carbocycles. The topological polar surface area (TPSA) is 68.5 Å². The molecule has 0 fully saturated rings. The molecule has 134 valence electrons. The van der Waals surface area contributed by atoms with Crippen molar-refractivity contribution in [3.8, 4) is 5.75 Å². The maximum absolute atomic E-state index is 12.4. The fourth-order valence-electron chi connectivity index (χ4n) is 2.93. The number of rotatable bonds is 4. The van der Waals surface area contributed by atoms with E-state index in [1.54, 1.807) is 19.1 Å². The van der Waals surface area contributed by atoms with E-state index >= 15 is 0 Å². The van der Waals surface area contributed by atoms with Crippen LogP contribution in [0.2, 0.25) is 0 Å². The smallest absolute Gasteiger partial charge is 0.336 e. The molecule has 1 heterocycles. The second kappa shape index (κ2) is 7.04. The normalized spacial score (nSPS) is 12.0. The van der Waals surface area contributed by atoms with E-state index < -0.39 is 11.7 Å². The summed E-state index contributed by atoms with van der Waals surface area (Å²) >= 11 is 0. The Balaban J connectivity index is 1.76. The molecule has 2 aromatic carbocycles. The van der Waals surface area contributed by atoms with Gasteiger partial charge in [0.05, 0.1) is 0 Å². The first-order valence-corrected chi connectivity index (χ1v) is 8.42. The first kappa shape index (κ1) is 17.7. The Labute approximate surface area is 151 Å². The lowest BCUT2D eigenvalue weighted by atomic mass is 10.1. The van der Waals surface area contributed by atoms with Gasteiger partial charge in [0.2, 0.25) is 0 Å². The van der Waals surface area contributed by atoms with Gasteiger partial charge >= 0.3 is 5.63 Å². The quantitative estimate of drug-likeness (QED) is 0.718. The lowest BCUT2D eigenvalue weighted by molar-refractivity contribution is -0.122. The molecular weight excluding hydrogens is 330 g/mol. The highest BCUT2D eigenvalue weighted by atomic mass is 16.5. The van der Waals surface area contributed by atoms with Crippen molar-refractivity contribution < 1.29 is 13.9 Å². The minimum Gasteiger partial charge on any atom is -0.481 e. The van der Waals surface area contributed by atoms with E-state index in [-0.39, 0.29) is 5.91 Å². The fraction of sp³-hybridized carbons (Fsp3) is 0.238. The van der Waals surface area contributed by atoms with Crippen molar-refractivity contribution in [2.24, 2.45) is 0 Å². The van der Waals surface area contributed by atoms with Gasteiger partial charge in [0.15, 0.2) is 6.10 Å². The van der Waals surface area contributed by atoms with Crippen LogP contribution in [-0.4, -0.2) is 12.0 Å². The zero-order valence-corrected chi connectivity index (χ0v) is 15.3. The Hall–Kier alpha value is -3.08. The van der Waals surface area contributed by atoms with Crippen molar-refractivity contribution in [3.63, 3.8) is 0 Å². The number of anilines is 1. The first-order chi connectivity index (χ1) is 12.3. The molecule has 0 saturated carbocycles. The highest BCUT2D eigenvalue weighted by Gasteiger charge is 2.16. The van der Waals surface area contributed by atoms with Gasteiger partial charge in [-0.3, -0.25) is 4.79 Å². The van der Waals surface area contributed by atoms with Crippen LogP contribution in [0.5, 0.6) is 5.75 Å². The lowest BCUT2D eigenvalue weighted by Crippen LogP contribution is -2.30. The third-order valence-electron chi connectivity index (χ3n) is 4.09. The van der Waals surface area contributed by atoms with Gasteiger partial charge in [0.1, 0.15) is 11.3 Å². The minimum atomic E-state index is -0.704. The van der Waals surface area contributed by atoms with Crippen molar-refractivity contribution in [1.82, 2.24) is 0 Å². The summed E-state index contributed by atoms with van der Waals surface area (Å²) in [5.74, 6) is 0.218. The van der Waals surface area contributed by atoms with Crippen LogP contribution in [0.1, 0.15) is 23.6 Å². The van der Waals surface area contributed by atoms with Crippen LogP contribution in [0.3, 0.4) is 0 Å². The van der Waals surface area contributed by atoms with Crippen LogP contribution >= 0.6 is 0 Å². The van der Waals surface area contributed by atoms with Crippen LogP contribution < -0.4 is 15.7 Å². The zero-order valence-electron chi connectivity index (χ0n) is 15.3. The molecule has 1 atom stereocenters. The van der Waals surface area contributed by atoms with Crippen molar-refractivity contribution in [2.45, 2.75) is 33.8 Å². The molecule has 1 amide bonds. The number of carbonyl (C=O) groups is 1. The van der Waals surface area contributed by atoms with Crippen LogP contribution in [-0.2, 0) is 4.79 Å². The summed E-state index contributed by atoms with van der Waals surface area (Å²) in [5, 5.41) is 3.70. The minimum absolute atomic E-state index is 0.249. The van der Waals surface area contributed by atoms with E-state index in [9.17, 15) is 9.59 Å². The second-order valence-electron chi connectivity index (χ2n) is 6.53. The average molecular weight is 351 g/mol. The molecule has 5 nitrogen and oxygen atoms in total. The predicted molar refractivity (Wildman–Crippen MR) is 102 cm³/mol. The van der Waals surface area contributed by atoms with Crippen LogP contribution in [0, 0.1) is 20.8 Å². The molecule has 5 heteroatoms. The number of hydrogen-bond acceptors (Lipinski definition) is 4. The molecule has 0 aliphatic heterocycles. The molecular formula is C21H21NO4.